The van der Waals surface area contributed by atoms with Crippen LogP contribution in [0.4, 0.5) is 10.1 Å². The molecule has 2 aromatic rings. The van der Waals surface area contributed by atoms with E-state index in [2.05, 4.69) is 0 Å². The van der Waals surface area contributed by atoms with E-state index >= 15 is 0 Å². The summed E-state index contributed by atoms with van der Waals surface area (Å²) >= 11 is 6.13. The molecule has 0 bridgehead atoms. The second-order valence-electron chi connectivity index (χ2n) is 4.31. The van der Waals surface area contributed by atoms with Crippen molar-refractivity contribution in [3.63, 3.8) is 0 Å². The van der Waals surface area contributed by atoms with Gasteiger partial charge in [0.2, 0.25) is 0 Å². The quantitative estimate of drug-likeness (QED) is 0.789. The van der Waals surface area contributed by atoms with Gasteiger partial charge in [0, 0.05) is 19.2 Å². The normalized spacial score (nSPS) is 10.3. The lowest BCUT2D eigenvalue weighted by Gasteiger charge is -2.21. The van der Waals surface area contributed by atoms with E-state index in [9.17, 15) is 9.18 Å². The fourth-order valence-electron chi connectivity index (χ4n) is 1.90. The van der Waals surface area contributed by atoms with Gasteiger partial charge in [-0.25, -0.2) is 4.39 Å². The molecule has 0 saturated carbocycles. The Bertz CT molecular complexity index is 600. The van der Waals surface area contributed by atoms with Gasteiger partial charge in [0.15, 0.2) is 0 Å². The molecule has 0 saturated heterocycles. The minimum absolute atomic E-state index is 0.256. The maximum absolute atomic E-state index is 13.1. The van der Waals surface area contributed by atoms with Crippen molar-refractivity contribution in [3.05, 3.63) is 64.4 Å². The van der Waals surface area contributed by atoms with Gasteiger partial charge in [-0.3, -0.25) is 4.79 Å². The Balaban J connectivity index is 2.20. The molecule has 4 heteroatoms. The minimum Gasteiger partial charge on any atom is -0.369 e. The summed E-state index contributed by atoms with van der Waals surface area (Å²) in [6, 6.07) is 11.5. The number of rotatable bonds is 4. The molecule has 0 amide bonds. The molecule has 0 aliphatic heterocycles. The van der Waals surface area contributed by atoms with E-state index < -0.39 is 0 Å². The van der Waals surface area contributed by atoms with Crippen LogP contribution in [0.25, 0.3) is 0 Å². The maximum Gasteiger partial charge on any atom is 0.150 e. The van der Waals surface area contributed by atoms with Crippen molar-refractivity contribution in [1.82, 2.24) is 0 Å². The molecule has 0 aromatic heterocycles. The molecule has 19 heavy (non-hydrogen) atoms. The number of benzene rings is 2. The van der Waals surface area contributed by atoms with E-state index in [1.807, 2.05) is 18.0 Å². The largest absolute Gasteiger partial charge is 0.369 e. The zero-order valence-corrected chi connectivity index (χ0v) is 11.2. The van der Waals surface area contributed by atoms with Gasteiger partial charge >= 0.3 is 0 Å². The predicted molar refractivity (Wildman–Crippen MR) is 75.3 cm³/mol. The first-order valence-corrected chi connectivity index (χ1v) is 6.18. The summed E-state index contributed by atoms with van der Waals surface area (Å²) in [4.78, 5) is 12.6. The van der Waals surface area contributed by atoms with Gasteiger partial charge in [0.05, 0.1) is 10.7 Å². The van der Waals surface area contributed by atoms with Crippen LogP contribution in [0.2, 0.25) is 5.02 Å². The first-order valence-electron chi connectivity index (χ1n) is 5.80. The number of anilines is 1. The Kier molecular flexibility index (Phi) is 4.17. The molecule has 0 aliphatic rings. The SMILES string of the molecule is CN(Cc1cccc(F)c1)c1ccc(C=O)cc1Cl. The number of nitrogens with zero attached hydrogens (tertiary/aromatic N) is 1. The summed E-state index contributed by atoms with van der Waals surface area (Å²) in [5, 5.41) is 0.503. The van der Waals surface area contributed by atoms with E-state index in [-0.39, 0.29) is 5.82 Å². The lowest BCUT2D eigenvalue weighted by Crippen LogP contribution is -2.16. The smallest absolute Gasteiger partial charge is 0.150 e. The third kappa shape index (κ3) is 3.32. The molecule has 0 aliphatic carbocycles. The highest BCUT2D eigenvalue weighted by molar-refractivity contribution is 6.33. The lowest BCUT2D eigenvalue weighted by atomic mass is 10.1. The molecule has 0 heterocycles. The van der Waals surface area contributed by atoms with Crippen LogP contribution in [0.15, 0.2) is 42.5 Å². The molecule has 2 nitrogen and oxygen atoms in total. The van der Waals surface area contributed by atoms with E-state index in [1.165, 1.54) is 12.1 Å². The highest BCUT2D eigenvalue weighted by Gasteiger charge is 2.08. The molecule has 0 unspecified atom stereocenters. The second-order valence-corrected chi connectivity index (χ2v) is 4.72. The number of aldehydes is 1. The summed E-state index contributed by atoms with van der Waals surface area (Å²) < 4.78 is 13.1. The first kappa shape index (κ1) is 13.6. The summed E-state index contributed by atoms with van der Waals surface area (Å²) in [7, 11) is 1.87. The Morgan fingerprint density at radius 1 is 1.26 bits per heavy atom. The number of carbonyl (C=O) groups excluding carboxylic acids is 1. The second kappa shape index (κ2) is 5.85. The number of hydrogen-bond acceptors (Lipinski definition) is 2. The van der Waals surface area contributed by atoms with Gasteiger partial charge in [0.25, 0.3) is 0 Å². The number of halogens is 2. The third-order valence-corrected chi connectivity index (χ3v) is 3.13. The van der Waals surface area contributed by atoms with Gasteiger partial charge in [-0.2, -0.15) is 0 Å². The molecule has 2 rings (SSSR count). The van der Waals surface area contributed by atoms with E-state index in [0.717, 1.165) is 17.5 Å². The topological polar surface area (TPSA) is 20.3 Å². The Morgan fingerprint density at radius 2 is 2.05 bits per heavy atom. The van der Waals surface area contributed by atoms with Crippen LogP contribution in [0, 0.1) is 5.82 Å². The molecule has 0 fully saturated rings. The third-order valence-electron chi connectivity index (χ3n) is 2.83. The molecular formula is C15H13ClFNO. The number of hydrogen-bond donors (Lipinski definition) is 0. The van der Waals surface area contributed by atoms with E-state index in [4.69, 9.17) is 11.6 Å². The number of carbonyl (C=O) groups is 1. The van der Waals surface area contributed by atoms with Gasteiger partial charge in [-0.1, -0.05) is 23.7 Å². The van der Waals surface area contributed by atoms with Crippen LogP contribution in [0.5, 0.6) is 0 Å². The van der Waals surface area contributed by atoms with Crippen molar-refractivity contribution in [2.75, 3.05) is 11.9 Å². The van der Waals surface area contributed by atoms with Crippen molar-refractivity contribution in [3.8, 4) is 0 Å². The van der Waals surface area contributed by atoms with Crippen LogP contribution < -0.4 is 4.90 Å². The van der Waals surface area contributed by atoms with E-state index in [0.29, 0.717) is 17.1 Å². The van der Waals surface area contributed by atoms with Crippen molar-refractivity contribution in [1.29, 1.82) is 0 Å². The maximum atomic E-state index is 13.1. The van der Waals surface area contributed by atoms with Crippen LogP contribution in [0.1, 0.15) is 15.9 Å². The zero-order chi connectivity index (χ0) is 13.8. The average molecular weight is 278 g/mol. The Labute approximate surface area is 116 Å². The molecule has 2 aromatic carbocycles. The fourth-order valence-corrected chi connectivity index (χ4v) is 2.23. The van der Waals surface area contributed by atoms with Crippen molar-refractivity contribution in [2.45, 2.75) is 6.54 Å². The molecule has 98 valence electrons. The van der Waals surface area contributed by atoms with Crippen molar-refractivity contribution >= 4 is 23.6 Å². The Hall–Kier alpha value is -1.87. The summed E-state index contributed by atoms with van der Waals surface area (Å²) in [5.41, 5.74) is 2.20. The molecule has 0 N–H and O–H groups in total. The van der Waals surface area contributed by atoms with Crippen LogP contribution >= 0.6 is 11.6 Å². The summed E-state index contributed by atoms with van der Waals surface area (Å²) in [5.74, 6) is -0.256. The van der Waals surface area contributed by atoms with Crippen LogP contribution in [-0.4, -0.2) is 13.3 Å². The minimum atomic E-state index is -0.256. The van der Waals surface area contributed by atoms with Gasteiger partial charge < -0.3 is 4.90 Å². The predicted octanol–water partition coefficient (Wildman–Crippen LogP) is 3.93. The molecule has 0 atom stereocenters. The van der Waals surface area contributed by atoms with Crippen molar-refractivity contribution in [2.24, 2.45) is 0 Å². The zero-order valence-electron chi connectivity index (χ0n) is 10.4. The molecule has 0 spiro atoms. The fraction of sp³-hybridized carbons (Fsp3) is 0.133. The van der Waals surface area contributed by atoms with Crippen LogP contribution in [-0.2, 0) is 6.54 Å². The first-order chi connectivity index (χ1) is 9.10. The van der Waals surface area contributed by atoms with Crippen LogP contribution in [0.3, 0.4) is 0 Å². The summed E-state index contributed by atoms with van der Waals surface area (Å²) in [6.45, 7) is 0.540. The highest BCUT2D eigenvalue weighted by Crippen LogP contribution is 2.26. The summed E-state index contributed by atoms with van der Waals surface area (Å²) in [6.07, 6.45) is 0.752. The monoisotopic (exact) mass is 277 g/mol. The van der Waals surface area contributed by atoms with Gasteiger partial charge in [-0.05, 0) is 35.9 Å². The van der Waals surface area contributed by atoms with E-state index in [1.54, 1.807) is 24.3 Å². The van der Waals surface area contributed by atoms with Crippen molar-refractivity contribution < 1.29 is 9.18 Å². The Morgan fingerprint density at radius 3 is 2.68 bits per heavy atom. The van der Waals surface area contributed by atoms with Gasteiger partial charge in [0.1, 0.15) is 12.1 Å². The molecular weight excluding hydrogens is 265 g/mol. The van der Waals surface area contributed by atoms with Gasteiger partial charge in [-0.15, -0.1) is 0 Å². The lowest BCUT2D eigenvalue weighted by molar-refractivity contribution is 0.112. The standard InChI is InChI=1S/C15H13ClFNO/c1-18(9-11-3-2-4-13(17)7-11)15-6-5-12(10-19)8-14(15)16/h2-8,10H,9H2,1H3. The average Bonchev–Trinajstić information content (AvgIpc) is 2.38. The highest BCUT2D eigenvalue weighted by atomic mass is 35.5. The molecule has 0 radical (unpaired) electrons.